The summed E-state index contributed by atoms with van der Waals surface area (Å²) in [6.07, 6.45) is 4.70. The molecule has 0 fully saturated rings. The molecule has 4 heteroatoms. The third-order valence-corrected chi connectivity index (χ3v) is 2.06. The van der Waals surface area contributed by atoms with Gasteiger partial charge in [0.2, 0.25) is 0 Å². The highest BCUT2D eigenvalue weighted by Gasteiger charge is 2.07. The van der Waals surface area contributed by atoms with Gasteiger partial charge in [-0.25, -0.2) is 4.79 Å². The van der Waals surface area contributed by atoms with Crippen molar-refractivity contribution in [3.63, 3.8) is 0 Å². The van der Waals surface area contributed by atoms with Gasteiger partial charge in [-0.2, -0.15) is 0 Å². The van der Waals surface area contributed by atoms with Crippen LogP contribution in [0.2, 0.25) is 0 Å². The Balaban J connectivity index is 3.66. The van der Waals surface area contributed by atoms with Crippen molar-refractivity contribution in [1.82, 2.24) is 4.90 Å². The van der Waals surface area contributed by atoms with Gasteiger partial charge in [0.15, 0.2) is 0 Å². The molecule has 0 bridgehead atoms. The average molecular weight is 220 g/mol. The number of hydrogen-bond donors (Lipinski definition) is 0. The van der Waals surface area contributed by atoms with Gasteiger partial charge in [0, 0.05) is 19.0 Å². The largest absolute Gasteiger partial charge is 0.419 e. The molecule has 0 N–H and O–H groups in total. The lowest BCUT2D eigenvalue weighted by Gasteiger charge is -2.15. The van der Waals surface area contributed by atoms with E-state index in [0.29, 0.717) is 19.0 Å². The number of rotatable bonds is 6. The van der Waals surface area contributed by atoms with Crippen LogP contribution >= 0.6 is 11.6 Å². The second-order valence-electron chi connectivity index (χ2n) is 2.76. The van der Waals surface area contributed by atoms with E-state index in [9.17, 15) is 4.79 Å². The first kappa shape index (κ1) is 13.3. The maximum Gasteiger partial charge on any atom is 0.414 e. The summed E-state index contributed by atoms with van der Waals surface area (Å²) in [5.74, 6) is 0.633. The Hall–Kier alpha value is -0.700. The molecule has 0 unspecified atom stereocenters. The van der Waals surface area contributed by atoms with Crippen LogP contribution in [0.3, 0.4) is 0 Å². The van der Waals surface area contributed by atoms with Gasteiger partial charge in [-0.3, -0.25) is 0 Å². The summed E-state index contributed by atoms with van der Waals surface area (Å²) in [5, 5.41) is 0. The standard InChI is InChI=1S/C10H18ClNO2/c1-3-12(4-2)10(13)14-9-7-5-6-8-11/h7,9H,3-6,8H2,1-2H3/b9-7-. The third kappa shape index (κ3) is 5.86. The first-order valence-corrected chi connectivity index (χ1v) is 5.46. The van der Waals surface area contributed by atoms with E-state index in [0.717, 1.165) is 12.8 Å². The summed E-state index contributed by atoms with van der Waals surface area (Å²) in [6.45, 7) is 5.18. The Morgan fingerprint density at radius 2 is 2.07 bits per heavy atom. The van der Waals surface area contributed by atoms with Crippen molar-refractivity contribution in [2.24, 2.45) is 0 Å². The van der Waals surface area contributed by atoms with Gasteiger partial charge >= 0.3 is 6.09 Å². The van der Waals surface area contributed by atoms with Gasteiger partial charge < -0.3 is 9.64 Å². The highest BCUT2D eigenvalue weighted by atomic mass is 35.5. The van der Waals surface area contributed by atoms with E-state index in [2.05, 4.69) is 0 Å². The van der Waals surface area contributed by atoms with Gasteiger partial charge in [-0.15, -0.1) is 11.6 Å². The lowest BCUT2D eigenvalue weighted by molar-refractivity contribution is 0.141. The van der Waals surface area contributed by atoms with Crippen LogP contribution < -0.4 is 0 Å². The lowest BCUT2D eigenvalue weighted by atomic mass is 10.3. The minimum Gasteiger partial charge on any atom is -0.419 e. The Labute approximate surface area is 90.7 Å². The Morgan fingerprint density at radius 3 is 2.57 bits per heavy atom. The number of hydrogen-bond acceptors (Lipinski definition) is 2. The summed E-state index contributed by atoms with van der Waals surface area (Å²) in [4.78, 5) is 12.9. The van der Waals surface area contributed by atoms with Crippen molar-refractivity contribution >= 4 is 17.7 Å². The van der Waals surface area contributed by atoms with Gasteiger partial charge in [-0.05, 0) is 32.8 Å². The molecule has 14 heavy (non-hydrogen) atoms. The van der Waals surface area contributed by atoms with E-state index in [1.807, 2.05) is 19.9 Å². The number of nitrogens with zero attached hydrogens (tertiary/aromatic N) is 1. The fraction of sp³-hybridized carbons (Fsp3) is 0.700. The smallest absolute Gasteiger partial charge is 0.414 e. The molecule has 0 aliphatic rings. The minimum atomic E-state index is -0.294. The van der Waals surface area contributed by atoms with E-state index in [1.54, 1.807) is 4.90 Å². The van der Waals surface area contributed by atoms with Crippen LogP contribution in [-0.2, 0) is 4.74 Å². The molecule has 0 heterocycles. The first-order chi connectivity index (χ1) is 6.76. The molecule has 0 aromatic carbocycles. The molecule has 0 radical (unpaired) electrons. The molecular formula is C10H18ClNO2. The summed E-state index contributed by atoms with van der Waals surface area (Å²) in [7, 11) is 0. The second kappa shape index (κ2) is 8.88. The predicted octanol–water partition coefficient (Wildman–Crippen LogP) is 3.00. The van der Waals surface area contributed by atoms with Crippen LogP contribution in [-0.4, -0.2) is 30.0 Å². The van der Waals surface area contributed by atoms with Crippen molar-refractivity contribution in [2.45, 2.75) is 26.7 Å². The second-order valence-corrected chi connectivity index (χ2v) is 3.14. The van der Waals surface area contributed by atoms with Crippen LogP contribution in [0, 0.1) is 0 Å². The first-order valence-electron chi connectivity index (χ1n) is 4.92. The number of ether oxygens (including phenoxy) is 1. The molecule has 82 valence electrons. The number of carbonyl (C=O) groups excluding carboxylic acids is 1. The molecule has 0 saturated heterocycles. The van der Waals surface area contributed by atoms with Crippen LogP contribution in [0.1, 0.15) is 26.7 Å². The molecule has 0 aliphatic carbocycles. The lowest BCUT2D eigenvalue weighted by Crippen LogP contribution is -2.29. The average Bonchev–Trinajstić information content (AvgIpc) is 2.19. The van der Waals surface area contributed by atoms with E-state index in [1.165, 1.54) is 6.26 Å². The maximum atomic E-state index is 11.3. The highest BCUT2D eigenvalue weighted by Crippen LogP contribution is 1.97. The number of amides is 1. The van der Waals surface area contributed by atoms with Crippen molar-refractivity contribution < 1.29 is 9.53 Å². The van der Waals surface area contributed by atoms with E-state index < -0.39 is 0 Å². The van der Waals surface area contributed by atoms with Crippen molar-refractivity contribution in [3.05, 3.63) is 12.3 Å². The third-order valence-electron chi connectivity index (χ3n) is 1.79. The minimum absolute atomic E-state index is 0.294. The monoisotopic (exact) mass is 219 g/mol. The summed E-state index contributed by atoms with van der Waals surface area (Å²) in [6, 6.07) is 0. The molecule has 0 aromatic heterocycles. The van der Waals surface area contributed by atoms with E-state index >= 15 is 0 Å². The van der Waals surface area contributed by atoms with E-state index in [-0.39, 0.29) is 6.09 Å². The van der Waals surface area contributed by atoms with Gasteiger partial charge in [0.25, 0.3) is 0 Å². The normalized spacial score (nSPS) is 10.5. The molecule has 0 saturated carbocycles. The zero-order valence-corrected chi connectivity index (χ0v) is 9.59. The van der Waals surface area contributed by atoms with Gasteiger partial charge in [0.1, 0.15) is 0 Å². The summed E-state index contributed by atoms with van der Waals surface area (Å²) < 4.78 is 4.90. The fourth-order valence-corrected chi connectivity index (χ4v) is 1.08. The van der Waals surface area contributed by atoms with Crippen molar-refractivity contribution in [2.75, 3.05) is 19.0 Å². The quantitative estimate of drug-likeness (QED) is 0.391. The van der Waals surface area contributed by atoms with Crippen molar-refractivity contribution in [3.8, 4) is 0 Å². The zero-order valence-electron chi connectivity index (χ0n) is 8.83. The molecular weight excluding hydrogens is 202 g/mol. The van der Waals surface area contributed by atoms with Gasteiger partial charge in [-0.1, -0.05) is 0 Å². The maximum absolute atomic E-state index is 11.3. The number of allylic oxidation sites excluding steroid dienone is 1. The molecule has 0 aromatic rings. The summed E-state index contributed by atoms with van der Waals surface area (Å²) >= 11 is 5.49. The molecule has 0 atom stereocenters. The van der Waals surface area contributed by atoms with Crippen LogP contribution in [0.15, 0.2) is 12.3 Å². The molecule has 1 amide bonds. The number of halogens is 1. The van der Waals surface area contributed by atoms with E-state index in [4.69, 9.17) is 16.3 Å². The van der Waals surface area contributed by atoms with Gasteiger partial charge in [0.05, 0.1) is 6.26 Å². The number of carbonyl (C=O) groups is 1. The molecule has 0 rings (SSSR count). The number of alkyl halides is 1. The molecule has 0 spiro atoms. The Bertz CT molecular complexity index is 179. The van der Waals surface area contributed by atoms with Crippen molar-refractivity contribution in [1.29, 1.82) is 0 Å². The molecule has 3 nitrogen and oxygen atoms in total. The SMILES string of the molecule is CCN(CC)C(=O)O/C=C\CCCCl. The summed E-state index contributed by atoms with van der Waals surface area (Å²) in [5.41, 5.74) is 0. The topological polar surface area (TPSA) is 29.5 Å². The Morgan fingerprint density at radius 1 is 1.43 bits per heavy atom. The Kier molecular flexibility index (Phi) is 8.43. The van der Waals surface area contributed by atoms with Crippen LogP contribution in [0.25, 0.3) is 0 Å². The number of unbranched alkanes of at least 4 members (excludes halogenated alkanes) is 1. The van der Waals surface area contributed by atoms with Crippen LogP contribution in [0.4, 0.5) is 4.79 Å². The van der Waals surface area contributed by atoms with Crippen LogP contribution in [0.5, 0.6) is 0 Å². The fourth-order valence-electron chi connectivity index (χ4n) is 0.926. The molecule has 0 aliphatic heterocycles. The highest BCUT2D eigenvalue weighted by molar-refractivity contribution is 6.17. The predicted molar refractivity (Wildman–Crippen MR) is 58.5 cm³/mol. The zero-order chi connectivity index (χ0) is 10.8.